The third-order valence-electron chi connectivity index (χ3n) is 3.47. The van der Waals surface area contributed by atoms with Crippen LogP contribution < -0.4 is 10.1 Å². The van der Waals surface area contributed by atoms with Crippen molar-refractivity contribution in [2.45, 2.75) is 17.0 Å². The molecular weight excluding hydrogens is 427 g/mol. The van der Waals surface area contributed by atoms with Crippen LogP contribution in [0.5, 0.6) is 17.2 Å². The standard InChI is InChI=1S/C16H13ClF3NO6S/c1-21-15(24)11-6-10(27-16(18,19)20)4-8(14(11)23)7-28(25,26)13-5-9(17)2-3-12(13)22/h2-6,22-23H,7H2,1H3,(H,21,24). The molecular formula is C16H13ClF3NO6S. The van der Waals surface area contributed by atoms with E-state index in [4.69, 9.17) is 11.6 Å². The van der Waals surface area contributed by atoms with Crippen molar-refractivity contribution in [2.24, 2.45) is 0 Å². The van der Waals surface area contributed by atoms with E-state index in [0.29, 0.717) is 12.1 Å². The van der Waals surface area contributed by atoms with E-state index in [1.165, 1.54) is 13.1 Å². The number of sulfone groups is 1. The minimum absolute atomic E-state index is 0.0131. The number of carbonyl (C=O) groups is 1. The maximum atomic E-state index is 12.6. The zero-order chi connectivity index (χ0) is 21.3. The number of ether oxygens (including phenoxy) is 1. The molecule has 2 aromatic carbocycles. The predicted octanol–water partition coefficient (Wildman–Crippen LogP) is 2.98. The number of benzene rings is 2. The van der Waals surface area contributed by atoms with E-state index in [1.807, 2.05) is 0 Å². The lowest BCUT2D eigenvalue weighted by Gasteiger charge is -2.15. The largest absolute Gasteiger partial charge is 0.573 e. The molecule has 0 heterocycles. The van der Waals surface area contributed by atoms with Gasteiger partial charge in [-0.2, -0.15) is 0 Å². The summed E-state index contributed by atoms with van der Waals surface area (Å²) in [5.74, 6) is -4.39. The summed E-state index contributed by atoms with van der Waals surface area (Å²) in [6.45, 7) is 0. The number of aromatic hydroxyl groups is 2. The first kappa shape index (κ1) is 21.6. The van der Waals surface area contributed by atoms with Crippen molar-refractivity contribution in [1.29, 1.82) is 0 Å². The number of rotatable bonds is 5. The van der Waals surface area contributed by atoms with E-state index in [-0.39, 0.29) is 5.02 Å². The first-order valence-corrected chi connectivity index (χ1v) is 9.42. The summed E-state index contributed by atoms with van der Waals surface area (Å²) in [4.78, 5) is 11.2. The Morgan fingerprint density at radius 3 is 2.43 bits per heavy atom. The predicted molar refractivity (Wildman–Crippen MR) is 92.2 cm³/mol. The van der Waals surface area contributed by atoms with Gasteiger partial charge in [0, 0.05) is 17.6 Å². The molecule has 0 atom stereocenters. The number of halogens is 4. The molecule has 0 aliphatic rings. The summed E-state index contributed by atoms with van der Waals surface area (Å²) in [6.07, 6.45) is -5.11. The van der Waals surface area contributed by atoms with Crippen LogP contribution in [0.25, 0.3) is 0 Å². The summed E-state index contributed by atoms with van der Waals surface area (Å²) in [7, 11) is -3.20. The molecule has 2 rings (SSSR count). The van der Waals surface area contributed by atoms with Crippen LogP contribution >= 0.6 is 11.6 Å². The number of nitrogens with one attached hydrogen (secondary N) is 1. The van der Waals surface area contributed by atoms with Gasteiger partial charge in [-0.3, -0.25) is 4.79 Å². The third kappa shape index (κ3) is 4.98. The normalized spacial score (nSPS) is 11.9. The Kier molecular flexibility index (Phi) is 6.00. The zero-order valence-corrected chi connectivity index (χ0v) is 15.6. The van der Waals surface area contributed by atoms with Crippen molar-refractivity contribution in [3.05, 3.63) is 46.5 Å². The highest BCUT2D eigenvalue weighted by Gasteiger charge is 2.33. The Labute approximate surface area is 162 Å². The maximum absolute atomic E-state index is 12.6. The second-order valence-electron chi connectivity index (χ2n) is 5.48. The fourth-order valence-electron chi connectivity index (χ4n) is 2.30. The highest BCUT2D eigenvalue weighted by atomic mass is 35.5. The molecule has 0 aliphatic heterocycles. The quantitative estimate of drug-likeness (QED) is 0.660. The average Bonchev–Trinajstić information content (AvgIpc) is 2.57. The minimum Gasteiger partial charge on any atom is -0.507 e. The summed E-state index contributed by atoms with van der Waals surface area (Å²) < 4.78 is 66.5. The van der Waals surface area contributed by atoms with E-state index < -0.39 is 61.1 Å². The highest BCUT2D eigenvalue weighted by molar-refractivity contribution is 7.90. The van der Waals surface area contributed by atoms with Crippen LogP contribution in [0.2, 0.25) is 5.02 Å². The van der Waals surface area contributed by atoms with Gasteiger partial charge in [0.15, 0.2) is 9.84 Å². The summed E-state index contributed by atoms with van der Waals surface area (Å²) in [5.41, 5.74) is -1.16. The molecule has 3 N–H and O–H groups in total. The molecule has 0 saturated heterocycles. The van der Waals surface area contributed by atoms with E-state index >= 15 is 0 Å². The maximum Gasteiger partial charge on any atom is 0.573 e. The summed E-state index contributed by atoms with van der Waals surface area (Å²) in [6, 6.07) is 4.45. The molecule has 0 fully saturated rings. The van der Waals surface area contributed by atoms with Crippen LogP contribution in [0, 0.1) is 0 Å². The van der Waals surface area contributed by atoms with Gasteiger partial charge in [0.05, 0.1) is 11.3 Å². The molecule has 0 saturated carbocycles. The first-order valence-electron chi connectivity index (χ1n) is 7.39. The fraction of sp³-hybridized carbons (Fsp3) is 0.188. The van der Waals surface area contributed by atoms with Gasteiger partial charge in [-0.1, -0.05) is 11.6 Å². The zero-order valence-electron chi connectivity index (χ0n) is 14.0. The molecule has 2 aromatic rings. The first-order chi connectivity index (χ1) is 12.8. The van der Waals surface area contributed by atoms with Crippen LogP contribution in [-0.4, -0.2) is 37.9 Å². The topological polar surface area (TPSA) is 113 Å². The molecule has 0 aromatic heterocycles. The molecule has 1 amide bonds. The Balaban J connectivity index is 2.58. The molecule has 28 heavy (non-hydrogen) atoms. The second-order valence-corrected chi connectivity index (χ2v) is 7.87. The molecule has 7 nitrogen and oxygen atoms in total. The van der Waals surface area contributed by atoms with E-state index in [0.717, 1.165) is 12.1 Å². The number of alkyl halides is 3. The lowest BCUT2D eigenvalue weighted by molar-refractivity contribution is -0.274. The highest BCUT2D eigenvalue weighted by Crippen LogP contribution is 2.35. The Morgan fingerprint density at radius 2 is 1.86 bits per heavy atom. The van der Waals surface area contributed by atoms with Crippen LogP contribution in [0.3, 0.4) is 0 Å². The Hall–Kier alpha value is -2.66. The number of phenolic OH excluding ortho intramolecular Hbond substituents is 2. The van der Waals surface area contributed by atoms with Crippen LogP contribution in [0.15, 0.2) is 35.2 Å². The number of phenols is 2. The van der Waals surface area contributed by atoms with Crippen LogP contribution in [0.4, 0.5) is 13.2 Å². The van der Waals surface area contributed by atoms with Gasteiger partial charge in [-0.15, -0.1) is 13.2 Å². The van der Waals surface area contributed by atoms with Crippen molar-refractivity contribution in [3.8, 4) is 17.2 Å². The van der Waals surface area contributed by atoms with E-state index in [1.54, 1.807) is 0 Å². The number of hydrogen-bond acceptors (Lipinski definition) is 6. The van der Waals surface area contributed by atoms with Crippen molar-refractivity contribution >= 4 is 27.3 Å². The Morgan fingerprint density at radius 1 is 1.21 bits per heavy atom. The SMILES string of the molecule is CNC(=O)c1cc(OC(F)(F)F)cc(CS(=O)(=O)c2cc(Cl)ccc2O)c1O. The summed E-state index contributed by atoms with van der Waals surface area (Å²) in [5, 5.41) is 22.1. The minimum atomic E-state index is -5.11. The second kappa shape index (κ2) is 7.76. The molecule has 0 unspecified atom stereocenters. The fourth-order valence-corrected chi connectivity index (χ4v) is 4.01. The number of hydrogen-bond donors (Lipinski definition) is 3. The van der Waals surface area contributed by atoms with E-state index in [9.17, 15) is 36.6 Å². The van der Waals surface area contributed by atoms with Crippen LogP contribution in [0.1, 0.15) is 15.9 Å². The molecule has 0 bridgehead atoms. The third-order valence-corrected chi connectivity index (χ3v) is 5.39. The Bertz CT molecular complexity index is 1020. The molecule has 12 heteroatoms. The van der Waals surface area contributed by atoms with E-state index in [2.05, 4.69) is 10.1 Å². The van der Waals surface area contributed by atoms with Crippen molar-refractivity contribution in [1.82, 2.24) is 5.32 Å². The average molecular weight is 440 g/mol. The number of carbonyl (C=O) groups excluding carboxylic acids is 1. The van der Waals surface area contributed by atoms with Crippen molar-refractivity contribution in [2.75, 3.05) is 7.05 Å². The van der Waals surface area contributed by atoms with Gasteiger partial charge >= 0.3 is 6.36 Å². The van der Waals surface area contributed by atoms with Gasteiger partial charge in [-0.25, -0.2) is 8.42 Å². The van der Waals surface area contributed by atoms with Crippen molar-refractivity contribution in [3.63, 3.8) is 0 Å². The van der Waals surface area contributed by atoms with Crippen LogP contribution in [-0.2, 0) is 15.6 Å². The van der Waals surface area contributed by atoms with Gasteiger partial charge in [0.2, 0.25) is 0 Å². The molecule has 0 aliphatic carbocycles. The smallest absolute Gasteiger partial charge is 0.507 e. The lowest BCUT2D eigenvalue weighted by atomic mass is 10.1. The molecule has 0 radical (unpaired) electrons. The molecule has 152 valence electrons. The van der Waals surface area contributed by atoms with Crippen molar-refractivity contribution < 1.29 is 41.3 Å². The van der Waals surface area contributed by atoms with Gasteiger partial charge in [0.1, 0.15) is 22.1 Å². The number of amides is 1. The van der Waals surface area contributed by atoms with Gasteiger partial charge < -0.3 is 20.3 Å². The summed E-state index contributed by atoms with van der Waals surface area (Å²) >= 11 is 5.72. The van der Waals surface area contributed by atoms with Gasteiger partial charge in [-0.05, 0) is 30.3 Å². The monoisotopic (exact) mass is 439 g/mol. The molecule has 0 spiro atoms. The lowest BCUT2D eigenvalue weighted by Crippen LogP contribution is -2.21. The van der Waals surface area contributed by atoms with Gasteiger partial charge in [0.25, 0.3) is 5.91 Å².